The Morgan fingerprint density at radius 1 is 0.882 bits per heavy atom. The second kappa shape index (κ2) is 5.06. The van der Waals surface area contributed by atoms with Crippen LogP contribution in [-0.2, 0) is 0 Å². The molecule has 17 heavy (non-hydrogen) atoms. The van der Waals surface area contributed by atoms with Gasteiger partial charge in [0.2, 0.25) is 0 Å². The van der Waals surface area contributed by atoms with Crippen molar-refractivity contribution in [2.45, 2.75) is 0 Å². The van der Waals surface area contributed by atoms with Crippen molar-refractivity contribution in [2.24, 2.45) is 0 Å². The highest BCUT2D eigenvalue weighted by Crippen LogP contribution is 2.32. The van der Waals surface area contributed by atoms with E-state index >= 15 is 0 Å². The molecule has 86 valence electrons. The zero-order valence-corrected chi connectivity index (χ0v) is 10.6. The van der Waals surface area contributed by atoms with Crippen molar-refractivity contribution in [2.75, 3.05) is 0 Å². The lowest BCUT2D eigenvalue weighted by molar-refractivity contribution is 0.403. The minimum absolute atomic E-state index is 0.124. The second-order valence-electron chi connectivity index (χ2n) is 3.61. The van der Waals surface area contributed by atoms with Crippen LogP contribution in [0.4, 0.5) is 0 Å². The van der Waals surface area contributed by atoms with Gasteiger partial charge < -0.3 is 10.2 Å². The average molecular weight is 291 g/mol. The summed E-state index contributed by atoms with van der Waals surface area (Å²) in [7, 11) is 0. The van der Waals surface area contributed by atoms with Crippen molar-refractivity contribution in [3.05, 3.63) is 58.1 Å². The first-order valence-electron chi connectivity index (χ1n) is 5.11. The molecule has 0 fully saturated rings. The molecule has 2 rings (SSSR count). The Kier molecular flexibility index (Phi) is 3.49. The summed E-state index contributed by atoms with van der Waals surface area (Å²) in [6.45, 7) is 0. The van der Waals surface area contributed by atoms with Gasteiger partial charge in [0.15, 0.2) is 11.5 Å². The molecule has 2 nitrogen and oxygen atoms in total. The fourth-order valence-electron chi connectivity index (χ4n) is 1.45. The number of hydrogen-bond acceptors (Lipinski definition) is 2. The molecule has 2 N–H and O–H groups in total. The Morgan fingerprint density at radius 3 is 2.24 bits per heavy atom. The predicted molar refractivity (Wildman–Crippen MR) is 72.8 cm³/mol. The molecule has 0 aliphatic rings. The molecular weight excluding hydrogens is 280 g/mol. The summed E-state index contributed by atoms with van der Waals surface area (Å²) in [4.78, 5) is 0. The van der Waals surface area contributed by atoms with E-state index in [1.54, 1.807) is 0 Å². The molecule has 3 heteroatoms. The van der Waals surface area contributed by atoms with E-state index in [0.29, 0.717) is 0 Å². The zero-order chi connectivity index (χ0) is 12.3. The highest BCUT2D eigenvalue weighted by atomic mass is 79.9. The number of hydrogen-bond donors (Lipinski definition) is 2. The van der Waals surface area contributed by atoms with Crippen LogP contribution in [-0.4, -0.2) is 10.2 Å². The number of rotatable bonds is 2. The molecule has 0 atom stereocenters. The van der Waals surface area contributed by atoms with Crippen LogP contribution in [0.5, 0.6) is 11.5 Å². The van der Waals surface area contributed by atoms with E-state index in [2.05, 4.69) is 15.9 Å². The molecule has 0 aliphatic carbocycles. The first-order chi connectivity index (χ1) is 8.16. The van der Waals surface area contributed by atoms with Crippen molar-refractivity contribution < 1.29 is 10.2 Å². The van der Waals surface area contributed by atoms with Crippen LogP contribution >= 0.6 is 15.9 Å². The summed E-state index contributed by atoms with van der Waals surface area (Å²) in [5.74, 6) is -0.255. The van der Waals surface area contributed by atoms with Crippen molar-refractivity contribution in [1.82, 2.24) is 0 Å². The van der Waals surface area contributed by atoms with E-state index in [0.717, 1.165) is 15.6 Å². The maximum atomic E-state index is 9.42. The lowest BCUT2D eigenvalue weighted by Gasteiger charge is -2.02. The lowest BCUT2D eigenvalue weighted by Crippen LogP contribution is -1.77. The van der Waals surface area contributed by atoms with E-state index in [1.807, 2.05) is 42.5 Å². The predicted octanol–water partition coefficient (Wildman–Crippen LogP) is 4.03. The van der Waals surface area contributed by atoms with Gasteiger partial charge in [-0.05, 0) is 23.3 Å². The molecule has 0 aromatic heterocycles. The van der Waals surface area contributed by atoms with Crippen LogP contribution in [0.1, 0.15) is 11.1 Å². The smallest absolute Gasteiger partial charge is 0.158 e. The lowest BCUT2D eigenvalue weighted by atomic mass is 10.1. The van der Waals surface area contributed by atoms with Gasteiger partial charge in [0.25, 0.3) is 0 Å². The van der Waals surface area contributed by atoms with Crippen molar-refractivity contribution >= 4 is 28.1 Å². The monoisotopic (exact) mass is 290 g/mol. The molecule has 0 saturated carbocycles. The van der Waals surface area contributed by atoms with E-state index in [1.165, 1.54) is 12.1 Å². The molecule has 0 bridgehead atoms. The molecule has 0 saturated heterocycles. The van der Waals surface area contributed by atoms with Gasteiger partial charge in [0, 0.05) is 4.47 Å². The molecule has 2 aromatic rings. The summed E-state index contributed by atoms with van der Waals surface area (Å²) in [5, 5.41) is 18.7. The Bertz CT molecular complexity index is 548. The number of phenols is 2. The maximum Gasteiger partial charge on any atom is 0.158 e. The SMILES string of the molecule is Oc1cc(Br)c(/C=C/c2ccccc2)cc1O. The molecular formula is C14H11BrO2. The van der Waals surface area contributed by atoms with Gasteiger partial charge in [-0.2, -0.15) is 0 Å². The van der Waals surface area contributed by atoms with Crippen LogP contribution in [0, 0.1) is 0 Å². The van der Waals surface area contributed by atoms with Crippen LogP contribution < -0.4 is 0 Å². The standard InChI is InChI=1S/C14H11BrO2/c15-12-9-14(17)13(16)8-11(12)7-6-10-4-2-1-3-5-10/h1-9,16-17H/b7-6+. The average Bonchev–Trinajstić information content (AvgIpc) is 2.33. The van der Waals surface area contributed by atoms with E-state index in [-0.39, 0.29) is 11.5 Å². The quantitative estimate of drug-likeness (QED) is 0.648. The van der Waals surface area contributed by atoms with Crippen molar-refractivity contribution in [3.63, 3.8) is 0 Å². The third kappa shape index (κ3) is 2.88. The minimum atomic E-state index is -0.131. The van der Waals surface area contributed by atoms with Gasteiger partial charge >= 0.3 is 0 Å². The first-order valence-corrected chi connectivity index (χ1v) is 5.91. The third-order valence-electron chi connectivity index (χ3n) is 2.35. The highest BCUT2D eigenvalue weighted by molar-refractivity contribution is 9.10. The van der Waals surface area contributed by atoms with Crippen LogP contribution in [0.3, 0.4) is 0 Å². The highest BCUT2D eigenvalue weighted by Gasteiger charge is 2.03. The Morgan fingerprint density at radius 2 is 1.53 bits per heavy atom. The Balaban J connectivity index is 2.31. The fourth-order valence-corrected chi connectivity index (χ4v) is 1.91. The number of benzene rings is 2. The van der Waals surface area contributed by atoms with Gasteiger partial charge in [-0.25, -0.2) is 0 Å². The van der Waals surface area contributed by atoms with Gasteiger partial charge in [-0.3, -0.25) is 0 Å². The zero-order valence-electron chi connectivity index (χ0n) is 8.97. The normalized spacial score (nSPS) is 10.9. The summed E-state index contributed by atoms with van der Waals surface area (Å²) >= 11 is 3.33. The Hall–Kier alpha value is -1.74. The van der Waals surface area contributed by atoms with E-state index in [4.69, 9.17) is 0 Å². The molecule has 2 aromatic carbocycles. The third-order valence-corrected chi connectivity index (χ3v) is 3.04. The maximum absolute atomic E-state index is 9.42. The summed E-state index contributed by atoms with van der Waals surface area (Å²) in [6, 6.07) is 12.8. The molecule has 0 radical (unpaired) electrons. The number of halogens is 1. The minimum Gasteiger partial charge on any atom is -0.504 e. The summed E-state index contributed by atoms with van der Waals surface area (Å²) in [5.41, 5.74) is 1.89. The topological polar surface area (TPSA) is 40.5 Å². The van der Waals surface area contributed by atoms with Crippen LogP contribution in [0.15, 0.2) is 46.9 Å². The van der Waals surface area contributed by atoms with Crippen LogP contribution in [0.25, 0.3) is 12.2 Å². The number of phenolic OH excluding ortho intramolecular Hbond substituents is 2. The van der Waals surface area contributed by atoms with E-state index < -0.39 is 0 Å². The molecule has 0 unspecified atom stereocenters. The van der Waals surface area contributed by atoms with Crippen molar-refractivity contribution in [1.29, 1.82) is 0 Å². The molecule has 0 aliphatic heterocycles. The largest absolute Gasteiger partial charge is 0.504 e. The summed E-state index contributed by atoms with van der Waals surface area (Å²) < 4.78 is 0.736. The van der Waals surface area contributed by atoms with E-state index in [9.17, 15) is 10.2 Å². The summed E-state index contributed by atoms with van der Waals surface area (Å²) in [6.07, 6.45) is 3.81. The Labute approximate surface area is 108 Å². The van der Waals surface area contributed by atoms with Crippen LogP contribution in [0.2, 0.25) is 0 Å². The van der Waals surface area contributed by atoms with Gasteiger partial charge in [-0.1, -0.05) is 58.4 Å². The fraction of sp³-hybridized carbons (Fsp3) is 0. The molecule has 0 heterocycles. The number of aromatic hydroxyl groups is 2. The van der Waals surface area contributed by atoms with Gasteiger partial charge in [0.1, 0.15) is 0 Å². The second-order valence-corrected chi connectivity index (χ2v) is 4.46. The van der Waals surface area contributed by atoms with Gasteiger partial charge in [0.05, 0.1) is 0 Å². The molecule has 0 amide bonds. The van der Waals surface area contributed by atoms with Crippen molar-refractivity contribution in [3.8, 4) is 11.5 Å². The first kappa shape index (κ1) is 11.7. The van der Waals surface area contributed by atoms with Gasteiger partial charge in [-0.15, -0.1) is 0 Å². The molecule has 0 spiro atoms.